The fraction of sp³-hybridized carbons (Fsp3) is 0.150. The molecule has 0 aliphatic rings. The molecule has 0 fully saturated rings. The van der Waals surface area contributed by atoms with Crippen LogP contribution in [0, 0.1) is 13.8 Å². The smallest absolute Gasteiger partial charge is 0.206 e. The fourth-order valence-corrected chi connectivity index (χ4v) is 6.77. The molecular weight excluding hydrogens is 410 g/mol. The lowest BCUT2D eigenvalue weighted by molar-refractivity contribution is 0.584. The normalized spacial score (nSPS) is 12.5. The summed E-state index contributed by atoms with van der Waals surface area (Å²) < 4.78 is 50.9. The molecule has 0 N–H and O–H groups in total. The summed E-state index contributed by atoms with van der Waals surface area (Å²) in [5.74, 6) is 0.636. The summed E-state index contributed by atoms with van der Waals surface area (Å²) in [7, 11) is -8.56. The first-order chi connectivity index (χ1) is 13.7. The van der Waals surface area contributed by atoms with Crippen LogP contribution in [0.15, 0.2) is 81.5 Å². The third-order valence-corrected chi connectivity index (χ3v) is 8.88. The standard InChI is InChI=1S/C20H19N3O4S2/c1-15-13-19(23-16(2)22-15)21-14-20(28(24,25)17-9-5-3-6-10-17)29(26,27)18-11-7-4-8-12-18/h3-14,20H,1-2H3. The van der Waals surface area contributed by atoms with Gasteiger partial charge < -0.3 is 0 Å². The van der Waals surface area contributed by atoms with Crippen LogP contribution in [-0.4, -0.2) is 37.6 Å². The minimum absolute atomic E-state index is 0.106. The lowest BCUT2D eigenvalue weighted by Gasteiger charge is -2.15. The summed E-state index contributed by atoms with van der Waals surface area (Å²) in [5, 5.41) is 0. The van der Waals surface area contributed by atoms with Gasteiger partial charge in [-0.1, -0.05) is 36.4 Å². The molecule has 0 saturated heterocycles. The summed E-state index contributed by atoms with van der Waals surface area (Å²) in [5.41, 5.74) is 0.637. The molecule has 1 heterocycles. The molecule has 29 heavy (non-hydrogen) atoms. The van der Waals surface area contributed by atoms with E-state index in [4.69, 9.17) is 0 Å². The third kappa shape index (κ3) is 4.57. The molecule has 3 aromatic rings. The van der Waals surface area contributed by atoms with Gasteiger partial charge >= 0.3 is 0 Å². The topological polar surface area (TPSA) is 106 Å². The number of hydrogen-bond acceptors (Lipinski definition) is 7. The Morgan fingerprint density at radius 2 is 1.28 bits per heavy atom. The number of aliphatic imine (C=N–C) groups is 1. The van der Waals surface area contributed by atoms with Crippen molar-refractivity contribution >= 4 is 31.7 Å². The molecule has 3 rings (SSSR count). The van der Waals surface area contributed by atoms with Gasteiger partial charge in [0.25, 0.3) is 0 Å². The van der Waals surface area contributed by atoms with E-state index in [9.17, 15) is 16.8 Å². The van der Waals surface area contributed by atoms with Crippen LogP contribution in [-0.2, 0) is 19.7 Å². The lowest BCUT2D eigenvalue weighted by atomic mass is 10.4. The zero-order valence-corrected chi connectivity index (χ0v) is 17.4. The van der Waals surface area contributed by atoms with Crippen LogP contribution in [0.5, 0.6) is 0 Å². The van der Waals surface area contributed by atoms with Gasteiger partial charge in [0.05, 0.1) is 9.79 Å². The van der Waals surface area contributed by atoms with Gasteiger partial charge in [0, 0.05) is 18.0 Å². The summed E-state index contributed by atoms with van der Waals surface area (Å²) in [6.45, 7) is 3.41. The first-order valence-electron chi connectivity index (χ1n) is 8.65. The second-order valence-electron chi connectivity index (χ2n) is 6.28. The molecule has 7 nitrogen and oxygen atoms in total. The number of sulfone groups is 2. The van der Waals surface area contributed by atoms with Crippen LogP contribution in [0.1, 0.15) is 11.5 Å². The Bertz CT molecular complexity index is 1150. The Morgan fingerprint density at radius 1 is 0.793 bits per heavy atom. The minimum Gasteiger partial charge on any atom is -0.239 e. The molecule has 0 spiro atoms. The van der Waals surface area contributed by atoms with E-state index in [1.807, 2.05) is 0 Å². The van der Waals surface area contributed by atoms with Crippen molar-refractivity contribution in [2.24, 2.45) is 4.99 Å². The Kier molecular flexibility index (Phi) is 5.90. The van der Waals surface area contributed by atoms with Crippen molar-refractivity contribution in [1.29, 1.82) is 0 Å². The predicted molar refractivity (Wildman–Crippen MR) is 111 cm³/mol. The van der Waals surface area contributed by atoms with Crippen LogP contribution in [0.25, 0.3) is 0 Å². The van der Waals surface area contributed by atoms with E-state index in [0.717, 1.165) is 6.21 Å². The fourth-order valence-electron chi connectivity index (χ4n) is 2.72. The van der Waals surface area contributed by atoms with Crippen LogP contribution < -0.4 is 0 Å². The molecule has 0 radical (unpaired) electrons. The van der Waals surface area contributed by atoms with Crippen molar-refractivity contribution in [2.45, 2.75) is 28.2 Å². The Hall–Kier alpha value is -2.91. The summed E-state index contributed by atoms with van der Waals surface area (Å²) in [4.78, 5) is 12.1. The number of benzene rings is 2. The minimum atomic E-state index is -4.28. The zero-order chi connectivity index (χ0) is 21.1. The second kappa shape index (κ2) is 8.22. The zero-order valence-electron chi connectivity index (χ0n) is 15.8. The largest absolute Gasteiger partial charge is 0.239 e. The maximum atomic E-state index is 13.2. The number of hydrogen-bond donors (Lipinski definition) is 0. The molecule has 0 bridgehead atoms. The van der Waals surface area contributed by atoms with E-state index in [-0.39, 0.29) is 15.6 Å². The van der Waals surface area contributed by atoms with Gasteiger partial charge in [-0.2, -0.15) is 0 Å². The monoisotopic (exact) mass is 429 g/mol. The molecule has 1 aromatic heterocycles. The van der Waals surface area contributed by atoms with Crippen LogP contribution in [0.3, 0.4) is 0 Å². The average molecular weight is 430 g/mol. The van der Waals surface area contributed by atoms with Crippen molar-refractivity contribution in [2.75, 3.05) is 0 Å². The van der Waals surface area contributed by atoms with Crippen molar-refractivity contribution in [3.8, 4) is 0 Å². The molecule has 0 unspecified atom stereocenters. The highest BCUT2D eigenvalue weighted by atomic mass is 32.3. The Balaban J connectivity index is 2.15. The number of aryl methyl sites for hydroxylation is 2. The van der Waals surface area contributed by atoms with Gasteiger partial charge in [0.1, 0.15) is 5.82 Å². The lowest BCUT2D eigenvalue weighted by Crippen LogP contribution is -2.32. The van der Waals surface area contributed by atoms with E-state index in [2.05, 4.69) is 15.0 Å². The van der Waals surface area contributed by atoms with Gasteiger partial charge in [-0.15, -0.1) is 0 Å². The third-order valence-electron chi connectivity index (χ3n) is 4.04. The number of rotatable bonds is 6. The van der Waals surface area contributed by atoms with Crippen molar-refractivity contribution in [3.63, 3.8) is 0 Å². The summed E-state index contributed by atoms with van der Waals surface area (Å²) in [6, 6.07) is 16.4. The molecular formula is C20H19N3O4S2. The van der Waals surface area contributed by atoms with Gasteiger partial charge in [-0.25, -0.2) is 31.8 Å². The Morgan fingerprint density at radius 3 is 1.72 bits per heavy atom. The van der Waals surface area contributed by atoms with Crippen molar-refractivity contribution in [3.05, 3.63) is 78.2 Å². The molecule has 150 valence electrons. The highest BCUT2D eigenvalue weighted by Gasteiger charge is 2.38. The summed E-state index contributed by atoms with van der Waals surface area (Å²) >= 11 is 0. The van der Waals surface area contributed by atoms with Gasteiger partial charge in [-0.3, -0.25) is 0 Å². The first kappa shape index (κ1) is 20.8. The maximum Gasteiger partial charge on any atom is 0.206 e. The maximum absolute atomic E-state index is 13.2. The highest BCUT2D eigenvalue weighted by molar-refractivity contribution is 8.10. The molecule has 0 amide bonds. The van der Waals surface area contributed by atoms with E-state index >= 15 is 0 Å². The van der Waals surface area contributed by atoms with Crippen LogP contribution in [0.2, 0.25) is 0 Å². The Labute approximate surface area is 170 Å². The van der Waals surface area contributed by atoms with Crippen molar-refractivity contribution in [1.82, 2.24) is 9.97 Å². The molecule has 9 heteroatoms. The molecule has 0 saturated carbocycles. The van der Waals surface area contributed by atoms with Crippen molar-refractivity contribution < 1.29 is 16.8 Å². The number of aromatic nitrogens is 2. The van der Waals surface area contributed by atoms with E-state index in [1.165, 1.54) is 48.5 Å². The van der Waals surface area contributed by atoms with Crippen LogP contribution >= 0.6 is 0 Å². The first-order valence-corrected chi connectivity index (χ1v) is 11.7. The quantitative estimate of drug-likeness (QED) is 0.558. The SMILES string of the molecule is Cc1cc(N=CC(S(=O)(=O)c2ccccc2)S(=O)(=O)c2ccccc2)nc(C)n1. The highest BCUT2D eigenvalue weighted by Crippen LogP contribution is 2.25. The summed E-state index contributed by atoms with van der Waals surface area (Å²) in [6.07, 6.45) is 0.923. The van der Waals surface area contributed by atoms with E-state index in [0.29, 0.717) is 11.5 Å². The molecule has 0 atom stereocenters. The second-order valence-corrected chi connectivity index (χ2v) is 10.7. The molecule has 0 aliphatic carbocycles. The van der Waals surface area contributed by atoms with E-state index in [1.54, 1.807) is 32.0 Å². The van der Waals surface area contributed by atoms with Crippen LogP contribution in [0.4, 0.5) is 5.82 Å². The average Bonchev–Trinajstić information content (AvgIpc) is 2.68. The van der Waals surface area contributed by atoms with E-state index < -0.39 is 24.3 Å². The molecule has 0 aliphatic heterocycles. The van der Waals surface area contributed by atoms with Gasteiger partial charge in [-0.05, 0) is 38.1 Å². The van der Waals surface area contributed by atoms with Gasteiger partial charge in [0.15, 0.2) is 5.82 Å². The number of nitrogens with zero attached hydrogens (tertiary/aromatic N) is 3. The predicted octanol–water partition coefficient (Wildman–Crippen LogP) is 3.07. The van der Waals surface area contributed by atoms with Gasteiger partial charge in [0.2, 0.25) is 24.3 Å². The molecule has 2 aromatic carbocycles.